The van der Waals surface area contributed by atoms with Gasteiger partial charge in [0.25, 0.3) is 5.56 Å². The molecule has 9 nitrogen and oxygen atoms in total. The van der Waals surface area contributed by atoms with Gasteiger partial charge in [0.1, 0.15) is 6.54 Å². The Morgan fingerprint density at radius 2 is 2.00 bits per heavy atom. The van der Waals surface area contributed by atoms with E-state index in [0.717, 1.165) is 33.5 Å². The van der Waals surface area contributed by atoms with Crippen LogP contribution < -0.4 is 25.7 Å². The third-order valence-electron chi connectivity index (χ3n) is 5.81. The SMILES string of the molecule is Cc1cnc(NCCc2ccc3c(c2)OCO3)c(=O)n1CC(=O)NCc1ccc2[nH]ccc2c1.[HH].[HH].[HH]. The summed E-state index contributed by atoms with van der Waals surface area (Å²) in [5.74, 6) is 1.45. The predicted octanol–water partition coefficient (Wildman–Crippen LogP) is 3.47. The van der Waals surface area contributed by atoms with Gasteiger partial charge in [-0.15, -0.1) is 0 Å². The molecule has 0 saturated carbocycles. The topological polar surface area (TPSA) is 110 Å². The average Bonchev–Trinajstić information content (AvgIpc) is 3.50. The molecule has 3 N–H and O–H groups in total. The third-order valence-corrected chi connectivity index (χ3v) is 5.81. The standard InChI is InChI=1S/C25H25N5O4.3H2/c1-16-12-29-24(27-8-6-17-3-5-21-22(11-17)34-15-33-21)25(32)30(16)14-23(31)28-13-18-2-4-20-19(10-18)7-9-26-20;;;/h2-5,7,9-12,26H,6,8,13-15H2,1H3,(H,27,29)(H,28,31);3*1H. The van der Waals surface area contributed by atoms with E-state index in [9.17, 15) is 9.59 Å². The smallest absolute Gasteiger partial charge is 0.293 e. The highest BCUT2D eigenvalue weighted by Crippen LogP contribution is 2.32. The van der Waals surface area contributed by atoms with E-state index >= 15 is 0 Å². The van der Waals surface area contributed by atoms with Gasteiger partial charge in [-0.1, -0.05) is 12.1 Å². The van der Waals surface area contributed by atoms with Crippen LogP contribution in [0.15, 0.2) is 59.7 Å². The zero-order valence-electron chi connectivity index (χ0n) is 18.8. The largest absolute Gasteiger partial charge is 0.454 e. The minimum atomic E-state index is -0.324. The number of benzene rings is 2. The maximum absolute atomic E-state index is 12.9. The first kappa shape index (κ1) is 21.6. The summed E-state index contributed by atoms with van der Waals surface area (Å²) in [5, 5.41) is 7.07. The van der Waals surface area contributed by atoms with Gasteiger partial charge in [-0.2, -0.15) is 0 Å². The van der Waals surface area contributed by atoms with Crippen LogP contribution in [0.25, 0.3) is 10.9 Å². The van der Waals surface area contributed by atoms with Gasteiger partial charge in [-0.25, -0.2) is 4.98 Å². The number of rotatable bonds is 8. The van der Waals surface area contributed by atoms with Crippen LogP contribution in [0.4, 0.5) is 5.82 Å². The van der Waals surface area contributed by atoms with E-state index in [2.05, 4.69) is 20.6 Å². The zero-order valence-corrected chi connectivity index (χ0v) is 18.8. The number of ether oxygens (including phenoxy) is 2. The zero-order chi connectivity index (χ0) is 23.5. The number of nitrogens with one attached hydrogen (secondary N) is 3. The van der Waals surface area contributed by atoms with E-state index in [1.807, 2.05) is 48.7 Å². The molecule has 4 aromatic rings. The van der Waals surface area contributed by atoms with Crippen LogP contribution in [0, 0.1) is 6.92 Å². The van der Waals surface area contributed by atoms with Crippen LogP contribution in [-0.4, -0.2) is 33.8 Å². The van der Waals surface area contributed by atoms with Gasteiger partial charge < -0.3 is 25.1 Å². The molecule has 2 aromatic heterocycles. The number of fused-ring (bicyclic) bond motifs is 2. The van der Waals surface area contributed by atoms with Gasteiger partial charge in [0.05, 0.1) is 0 Å². The molecule has 0 unspecified atom stereocenters. The number of carbonyl (C=O) groups is 1. The van der Waals surface area contributed by atoms with Crippen LogP contribution in [0.1, 0.15) is 21.1 Å². The number of H-pyrrole nitrogens is 1. The molecule has 0 radical (unpaired) electrons. The summed E-state index contributed by atoms with van der Waals surface area (Å²) in [6.07, 6.45) is 4.15. The Balaban J connectivity index is 0.00000160. The minimum absolute atomic E-state index is 0. The molecule has 1 aliphatic rings. The Kier molecular flexibility index (Phi) is 5.90. The summed E-state index contributed by atoms with van der Waals surface area (Å²) in [4.78, 5) is 32.9. The lowest BCUT2D eigenvalue weighted by Gasteiger charge is -2.13. The average molecular weight is 466 g/mol. The molecule has 1 amide bonds. The third kappa shape index (κ3) is 4.59. The lowest BCUT2D eigenvalue weighted by atomic mass is 10.1. The molecule has 180 valence electrons. The molecule has 0 atom stereocenters. The molecule has 0 fully saturated rings. The van der Waals surface area contributed by atoms with Crippen molar-refractivity contribution in [2.24, 2.45) is 0 Å². The van der Waals surface area contributed by atoms with E-state index in [4.69, 9.17) is 9.47 Å². The number of hydrogen-bond acceptors (Lipinski definition) is 6. The summed E-state index contributed by atoms with van der Waals surface area (Å²) in [6.45, 7) is 2.83. The van der Waals surface area contributed by atoms with Crippen LogP contribution in [-0.2, 0) is 24.3 Å². The number of anilines is 1. The van der Waals surface area contributed by atoms with E-state index in [0.29, 0.717) is 25.2 Å². The fraction of sp³-hybridized carbons (Fsp3) is 0.240. The van der Waals surface area contributed by atoms with Crippen molar-refractivity contribution in [3.63, 3.8) is 0 Å². The molecule has 34 heavy (non-hydrogen) atoms. The molecule has 0 aliphatic carbocycles. The second-order valence-corrected chi connectivity index (χ2v) is 8.18. The molecule has 9 heteroatoms. The number of amides is 1. The Morgan fingerprint density at radius 3 is 2.91 bits per heavy atom. The maximum Gasteiger partial charge on any atom is 0.293 e. The molecule has 1 aliphatic heterocycles. The summed E-state index contributed by atoms with van der Waals surface area (Å²) in [7, 11) is 0. The maximum atomic E-state index is 12.9. The van der Waals surface area contributed by atoms with Gasteiger partial charge in [-0.05, 0) is 60.2 Å². The Morgan fingerprint density at radius 1 is 1.15 bits per heavy atom. The molecule has 2 aromatic carbocycles. The number of carbonyl (C=O) groups excluding carboxylic acids is 1. The van der Waals surface area contributed by atoms with Crippen molar-refractivity contribution in [3.05, 3.63) is 82.0 Å². The van der Waals surface area contributed by atoms with Crippen LogP contribution in [0.3, 0.4) is 0 Å². The van der Waals surface area contributed by atoms with Crippen LogP contribution >= 0.6 is 0 Å². The van der Waals surface area contributed by atoms with Gasteiger partial charge >= 0.3 is 0 Å². The van der Waals surface area contributed by atoms with Crippen molar-refractivity contribution in [1.29, 1.82) is 0 Å². The monoisotopic (exact) mass is 465 g/mol. The van der Waals surface area contributed by atoms with Crippen molar-refractivity contribution in [3.8, 4) is 11.5 Å². The lowest BCUT2D eigenvalue weighted by molar-refractivity contribution is -0.121. The van der Waals surface area contributed by atoms with Crippen LogP contribution in [0.5, 0.6) is 11.5 Å². The van der Waals surface area contributed by atoms with Crippen LogP contribution in [0.2, 0.25) is 0 Å². The van der Waals surface area contributed by atoms with Crippen molar-refractivity contribution in [1.82, 2.24) is 19.9 Å². The highest BCUT2D eigenvalue weighted by Gasteiger charge is 2.14. The van der Waals surface area contributed by atoms with E-state index in [-0.39, 0.29) is 34.9 Å². The Labute approximate surface area is 200 Å². The Bertz CT molecular complexity index is 1420. The van der Waals surface area contributed by atoms with Gasteiger partial charge in [-0.3, -0.25) is 14.2 Å². The number of nitrogens with zero attached hydrogens (tertiary/aromatic N) is 2. The molecule has 0 spiro atoms. The first-order valence-electron chi connectivity index (χ1n) is 11.1. The highest BCUT2D eigenvalue weighted by molar-refractivity contribution is 5.80. The van der Waals surface area contributed by atoms with E-state index < -0.39 is 0 Å². The molecular weight excluding hydrogens is 434 g/mol. The molecule has 0 saturated heterocycles. The number of aryl methyl sites for hydroxylation is 1. The van der Waals surface area contributed by atoms with Gasteiger partial charge in [0.2, 0.25) is 12.7 Å². The predicted molar refractivity (Wildman–Crippen MR) is 134 cm³/mol. The fourth-order valence-corrected chi connectivity index (χ4v) is 3.92. The molecule has 3 heterocycles. The van der Waals surface area contributed by atoms with Gasteiger partial charge in [0, 0.05) is 41.0 Å². The first-order chi connectivity index (χ1) is 16.6. The summed E-state index contributed by atoms with van der Waals surface area (Å²) < 4.78 is 12.2. The van der Waals surface area contributed by atoms with E-state index in [1.54, 1.807) is 13.1 Å². The minimum Gasteiger partial charge on any atom is -0.454 e. The van der Waals surface area contributed by atoms with Crippen molar-refractivity contribution in [2.45, 2.75) is 26.4 Å². The summed E-state index contributed by atoms with van der Waals surface area (Å²) in [5.41, 5.74) is 3.39. The normalized spacial score (nSPS) is 12.1. The van der Waals surface area contributed by atoms with Crippen molar-refractivity contribution >= 4 is 22.6 Å². The molecule has 5 rings (SSSR count). The second kappa shape index (κ2) is 9.30. The quantitative estimate of drug-likeness (QED) is 0.368. The Hall–Kier alpha value is -4.27. The second-order valence-electron chi connectivity index (χ2n) is 8.18. The number of hydrogen-bond donors (Lipinski definition) is 3. The number of aromatic nitrogens is 3. The van der Waals surface area contributed by atoms with Crippen molar-refractivity contribution in [2.75, 3.05) is 18.7 Å². The highest BCUT2D eigenvalue weighted by atomic mass is 16.7. The summed E-state index contributed by atoms with van der Waals surface area (Å²) in [6, 6.07) is 13.7. The molecular formula is C25H31N5O4. The summed E-state index contributed by atoms with van der Waals surface area (Å²) >= 11 is 0. The van der Waals surface area contributed by atoms with Crippen molar-refractivity contribution < 1.29 is 18.5 Å². The molecule has 0 bridgehead atoms. The van der Waals surface area contributed by atoms with Gasteiger partial charge in [0.15, 0.2) is 17.3 Å². The lowest BCUT2D eigenvalue weighted by Crippen LogP contribution is -2.34. The van der Waals surface area contributed by atoms with E-state index in [1.165, 1.54) is 4.57 Å². The number of aromatic amines is 1. The first-order valence-corrected chi connectivity index (χ1v) is 11.1. The fourth-order valence-electron chi connectivity index (χ4n) is 3.92.